The van der Waals surface area contributed by atoms with E-state index < -0.39 is 18.6 Å². The normalized spacial score (nSPS) is 12.5. The third kappa shape index (κ3) is 5.65. The Morgan fingerprint density at radius 2 is 1.71 bits per heavy atom. The van der Waals surface area contributed by atoms with Crippen molar-refractivity contribution in [3.05, 3.63) is 83.4 Å². The highest BCUT2D eigenvalue weighted by Gasteiger charge is 2.23. The first-order chi connectivity index (χ1) is 14.7. The number of nitrogens with zero attached hydrogens (tertiary/aromatic N) is 1. The maximum absolute atomic E-state index is 11.5. The van der Waals surface area contributed by atoms with Crippen LogP contribution in [0.25, 0.3) is 0 Å². The monoisotopic (exact) mass is 445 g/mol. The van der Waals surface area contributed by atoms with E-state index in [1.165, 1.54) is 0 Å². The summed E-state index contributed by atoms with van der Waals surface area (Å²) < 4.78 is 32.0. The number of carbonyl (C=O) groups is 1. The molecule has 0 fully saturated rings. The Bertz CT molecular complexity index is 1150. The number of aromatic hydroxyl groups is 1. The molecule has 1 aliphatic rings. The van der Waals surface area contributed by atoms with Crippen LogP contribution in [0.4, 0.5) is 18.9 Å². The number of aliphatic imine (C=N–C) groups is 1. The summed E-state index contributed by atoms with van der Waals surface area (Å²) in [5.74, 6) is -0.302. The molecule has 0 aromatic heterocycles. The summed E-state index contributed by atoms with van der Waals surface area (Å²) in [6, 6.07) is 20.3. The number of benzene rings is 3. The van der Waals surface area contributed by atoms with Crippen molar-refractivity contribution in [1.29, 1.82) is 0 Å². The quantitative estimate of drug-likeness (QED) is 0.419. The number of halogens is 3. The molecular weight excluding hydrogens is 427 g/mol. The van der Waals surface area contributed by atoms with Crippen LogP contribution in [0, 0.1) is 0 Å². The van der Waals surface area contributed by atoms with E-state index in [9.17, 15) is 23.1 Å². The first-order valence-electron chi connectivity index (χ1n) is 9.04. The van der Waals surface area contributed by atoms with Crippen molar-refractivity contribution < 1.29 is 23.1 Å². The van der Waals surface area contributed by atoms with Crippen molar-refractivity contribution >= 4 is 29.1 Å². The van der Waals surface area contributed by atoms with Gasteiger partial charge in [0.05, 0.1) is 17.9 Å². The lowest BCUT2D eigenvalue weighted by Crippen LogP contribution is -2.21. The van der Waals surface area contributed by atoms with Crippen molar-refractivity contribution in [1.82, 2.24) is 0 Å². The Morgan fingerprint density at radius 3 is 2.35 bits per heavy atom. The molecule has 0 unspecified atom stereocenters. The Kier molecular flexibility index (Phi) is 6.67. The zero-order valence-electron chi connectivity index (χ0n) is 16.1. The van der Waals surface area contributed by atoms with Crippen molar-refractivity contribution in [2.45, 2.75) is 16.0 Å². The Labute approximate surface area is 180 Å². The number of phenols is 1. The molecule has 9 heteroatoms. The molecule has 0 spiro atoms. The second-order valence-electron chi connectivity index (χ2n) is 6.48. The largest absolute Gasteiger partial charge is 0.508 e. The highest BCUT2D eigenvalue weighted by atomic mass is 32.2. The Balaban J connectivity index is 0.000000401. The zero-order chi connectivity index (χ0) is 22.6. The lowest BCUT2D eigenvalue weighted by Gasteiger charge is -2.09. The summed E-state index contributed by atoms with van der Waals surface area (Å²) in [5.41, 5.74) is 13.2. The second-order valence-corrected chi connectivity index (χ2v) is 7.56. The van der Waals surface area contributed by atoms with E-state index >= 15 is 0 Å². The molecule has 3 aromatic rings. The van der Waals surface area contributed by atoms with E-state index in [0.29, 0.717) is 11.3 Å². The fourth-order valence-electron chi connectivity index (χ4n) is 2.77. The maximum Gasteiger partial charge on any atom is 0.400 e. The molecule has 0 radical (unpaired) electrons. The minimum absolute atomic E-state index is 0.181. The van der Waals surface area contributed by atoms with Crippen LogP contribution in [0.15, 0.2) is 81.5 Å². The van der Waals surface area contributed by atoms with Crippen LogP contribution in [0.5, 0.6) is 5.75 Å². The van der Waals surface area contributed by atoms with Gasteiger partial charge in [-0.15, -0.1) is 0 Å². The van der Waals surface area contributed by atoms with Crippen LogP contribution in [0.2, 0.25) is 0 Å². The third-order valence-electron chi connectivity index (χ3n) is 4.19. The summed E-state index contributed by atoms with van der Waals surface area (Å²) in [7, 11) is 0. The minimum Gasteiger partial charge on any atom is -0.508 e. The van der Waals surface area contributed by atoms with Crippen LogP contribution in [-0.2, 0) is 0 Å². The number of nitrogens with two attached hydrogens (primary N) is 2. The van der Waals surface area contributed by atoms with Gasteiger partial charge in [-0.25, -0.2) is 4.99 Å². The van der Waals surface area contributed by atoms with E-state index in [1.807, 2.05) is 36.4 Å². The van der Waals surface area contributed by atoms with E-state index in [0.717, 1.165) is 26.6 Å². The van der Waals surface area contributed by atoms with Crippen molar-refractivity contribution in [2.24, 2.45) is 16.5 Å². The molecule has 5 nitrogen and oxygen atoms in total. The number of alkyl halides is 3. The second kappa shape index (κ2) is 9.23. The molecule has 5 N–H and O–H groups in total. The molecule has 31 heavy (non-hydrogen) atoms. The summed E-state index contributed by atoms with van der Waals surface area (Å²) in [6.07, 6.45) is -4.18. The molecule has 0 aliphatic carbocycles. The number of carbonyl (C=O) groups excluding carboxylic acids is 1. The topological polar surface area (TPSA) is 102 Å². The van der Waals surface area contributed by atoms with Crippen LogP contribution >= 0.6 is 11.8 Å². The molecule has 0 atom stereocenters. The molecule has 4 rings (SSSR count). The smallest absolute Gasteiger partial charge is 0.400 e. The van der Waals surface area contributed by atoms with Crippen molar-refractivity contribution in [3.63, 3.8) is 0 Å². The molecule has 0 saturated heterocycles. The average Bonchev–Trinajstić information content (AvgIpc) is 2.90. The first-order valence-corrected chi connectivity index (χ1v) is 9.85. The van der Waals surface area contributed by atoms with Gasteiger partial charge in [-0.3, -0.25) is 4.79 Å². The average molecular weight is 445 g/mol. The van der Waals surface area contributed by atoms with Gasteiger partial charge in [0.1, 0.15) is 5.75 Å². The Morgan fingerprint density at radius 1 is 1.00 bits per heavy atom. The lowest BCUT2D eigenvalue weighted by molar-refractivity contribution is -0.118. The summed E-state index contributed by atoms with van der Waals surface area (Å²) >= 11 is 1.60. The molecule has 1 aliphatic heterocycles. The third-order valence-corrected chi connectivity index (χ3v) is 5.33. The summed E-state index contributed by atoms with van der Waals surface area (Å²) in [4.78, 5) is 18.3. The predicted octanol–water partition coefficient (Wildman–Crippen LogP) is 4.63. The SMILES string of the molecule is NC(=O)c1ccc2c(c1)N=C(c1cccc(O)c1)c1ccccc1S2.NCC(F)(F)F. The highest BCUT2D eigenvalue weighted by Crippen LogP contribution is 2.41. The number of hydrogen-bond donors (Lipinski definition) is 3. The van der Waals surface area contributed by atoms with E-state index in [2.05, 4.69) is 5.73 Å². The van der Waals surface area contributed by atoms with Gasteiger partial charge < -0.3 is 16.6 Å². The van der Waals surface area contributed by atoms with Crippen LogP contribution in [0.1, 0.15) is 21.5 Å². The number of rotatable bonds is 2. The predicted molar refractivity (Wildman–Crippen MR) is 114 cm³/mol. The molecule has 3 aromatic carbocycles. The van der Waals surface area contributed by atoms with Gasteiger partial charge in [-0.2, -0.15) is 13.2 Å². The van der Waals surface area contributed by atoms with Gasteiger partial charge in [-0.1, -0.05) is 42.1 Å². The standard InChI is InChI=1S/C20H14N2O2S.C2H4F3N/c21-20(24)13-8-9-18-16(11-13)22-19(12-4-3-5-14(23)10-12)15-6-1-2-7-17(15)25-18;3-2(4,5)1-6/h1-11,23H,(H2,21,24);1,6H2. The summed E-state index contributed by atoms with van der Waals surface area (Å²) in [5, 5.41) is 9.85. The number of hydrogen-bond acceptors (Lipinski definition) is 5. The van der Waals surface area contributed by atoms with Crippen LogP contribution in [-0.4, -0.2) is 29.4 Å². The van der Waals surface area contributed by atoms with Gasteiger partial charge >= 0.3 is 6.18 Å². The summed E-state index contributed by atoms with van der Waals surface area (Å²) in [6.45, 7) is -1.23. The van der Waals surface area contributed by atoms with Crippen LogP contribution < -0.4 is 11.5 Å². The maximum atomic E-state index is 11.5. The van der Waals surface area contributed by atoms with Gasteiger partial charge in [0.25, 0.3) is 0 Å². The highest BCUT2D eigenvalue weighted by molar-refractivity contribution is 7.99. The van der Waals surface area contributed by atoms with Gasteiger partial charge in [0.15, 0.2) is 0 Å². The number of phenolic OH excluding ortho intramolecular Hbond substituents is 1. The molecular formula is C22H18F3N3O2S. The molecule has 0 bridgehead atoms. The Hall–Kier alpha value is -3.30. The molecule has 160 valence electrons. The molecule has 1 amide bonds. The van der Waals surface area contributed by atoms with Gasteiger partial charge in [0, 0.05) is 26.5 Å². The molecule has 1 heterocycles. The number of fused-ring (bicyclic) bond motifs is 2. The van der Waals surface area contributed by atoms with Crippen LogP contribution in [0.3, 0.4) is 0 Å². The minimum atomic E-state index is -4.18. The fraction of sp³-hybridized carbons (Fsp3) is 0.0909. The lowest BCUT2D eigenvalue weighted by atomic mass is 10.0. The zero-order valence-corrected chi connectivity index (χ0v) is 16.9. The van der Waals surface area contributed by atoms with Crippen molar-refractivity contribution in [2.75, 3.05) is 6.54 Å². The van der Waals surface area contributed by atoms with E-state index in [1.54, 1.807) is 42.1 Å². The van der Waals surface area contributed by atoms with Gasteiger partial charge in [-0.05, 0) is 36.4 Å². The van der Waals surface area contributed by atoms with Crippen molar-refractivity contribution in [3.8, 4) is 5.75 Å². The number of amides is 1. The molecule has 0 saturated carbocycles. The fourth-order valence-corrected chi connectivity index (χ4v) is 3.77. The van der Waals surface area contributed by atoms with Gasteiger partial charge in [0.2, 0.25) is 5.91 Å². The number of primary amides is 1. The van der Waals surface area contributed by atoms with E-state index in [-0.39, 0.29) is 5.75 Å². The first kappa shape index (κ1) is 22.4. The van der Waals surface area contributed by atoms with E-state index in [4.69, 9.17) is 10.7 Å².